The number of hydrogen-bond donors (Lipinski definition) is 1. The number of thiazole rings is 1. The molecule has 5 heteroatoms. The molecule has 1 heterocycles. The fourth-order valence-corrected chi connectivity index (χ4v) is 3.67. The molecular weight excluding hydrogens is 299 g/mol. The molecule has 116 valence electrons. The lowest BCUT2D eigenvalue weighted by Crippen LogP contribution is -2.28. The van der Waals surface area contributed by atoms with E-state index in [1.165, 1.54) is 6.07 Å². The Kier molecular flexibility index (Phi) is 4.25. The number of benzene rings is 1. The molecule has 0 aliphatic heterocycles. The molecule has 1 unspecified atom stereocenters. The predicted molar refractivity (Wildman–Crippen MR) is 85.5 cm³/mol. The van der Waals surface area contributed by atoms with Crippen LogP contribution in [-0.2, 0) is 17.6 Å². The highest BCUT2D eigenvalue weighted by Gasteiger charge is 2.26. The monoisotopic (exact) mass is 318 g/mol. The van der Waals surface area contributed by atoms with Gasteiger partial charge >= 0.3 is 0 Å². The van der Waals surface area contributed by atoms with Crippen LogP contribution in [0.4, 0.5) is 4.39 Å². The SMILES string of the molecule is CC(C)c1nc(CC(=O)NC2CCc3c(F)cccc32)cs1. The van der Waals surface area contributed by atoms with Gasteiger partial charge in [-0.05, 0) is 30.0 Å². The van der Waals surface area contributed by atoms with Crippen molar-refractivity contribution >= 4 is 17.2 Å². The third-order valence-electron chi connectivity index (χ3n) is 3.95. The molecule has 1 aliphatic carbocycles. The van der Waals surface area contributed by atoms with Gasteiger partial charge in [0.1, 0.15) is 5.82 Å². The van der Waals surface area contributed by atoms with Gasteiger partial charge in [0.2, 0.25) is 5.91 Å². The topological polar surface area (TPSA) is 42.0 Å². The van der Waals surface area contributed by atoms with E-state index in [2.05, 4.69) is 24.1 Å². The number of halogens is 1. The van der Waals surface area contributed by atoms with E-state index in [0.29, 0.717) is 12.3 Å². The first-order valence-corrected chi connectivity index (χ1v) is 8.43. The average Bonchev–Trinajstić information content (AvgIpc) is 3.07. The lowest BCUT2D eigenvalue weighted by atomic mass is 10.1. The summed E-state index contributed by atoms with van der Waals surface area (Å²) in [5.74, 6) is 0.157. The van der Waals surface area contributed by atoms with Gasteiger partial charge in [0.25, 0.3) is 0 Å². The van der Waals surface area contributed by atoms with Crippen LogP contribution in [0.2, 0.25) is 0 Å². The van der Waals surface area contributed by atoms with E-state index in [4.69, 9.17) is 0 Å². The van der Waals surface area contributed by atoms with Crippen LogP contribution in [0, 0.1) is 5.82 Å². The van der Waals surface area contributed by atoms with E-state index in [1.807, 2.05) is 11.4 Å². The van der Waals surface area contributed by atoms with Crippen LogP contribution in [0.25, 0.3) is 0 Å². The summed E-state index contributed by atoms with van der Waals surface area (Å²) in [6.07, 6.45) is 1.72. The Morgan fingerprint density at radius 2 is 2.32 bits per heavy atom. The molecule has 1 N–H and O–H groups in total. The van der Waals surface area contributed by atoms with Gasteiger partial charge in [-0.1, -0.05) is 26.0 Å². The molecule has 22 heavy (non-hydrogen) atoms. The maximum atomic E-state index is 13.7. The summed E-state index contributed by atoms with van der Waals surface area (Å²) in [4.78, 5) is 16.7. The highest BCUT2D eigenvalue weighted by atomic mass is 32.1. The molecule has 1 aromatic carbocycles. The van der Waals surface area contributed by atoms with Gasteiger partial charge in [0.15, 0.2) is 0 Å². The molecule has 0 fully saturated rings. The molecule has 1 aliphatic rings. The Hall–Kier alpha value is -1.75. The van der Waals surface area contributed by atoms with Crippen LogP contribution in [0.1, 0.15) is 54.1 Å². The van der Waals surface area contributed by atoms with Crippen molar-refractivity contribution < 1.29 is 9.18 Å². The first-order valence-electron chi connectivity index (χ1n) is 7.55. The van der Waals surface area contributed by atoms with Crippen LogP contribution in [0.3, 0.4) is 0 Å². The van der Waals surface area contributed by atoms with Gasteiger partial charge in [-0.3, -0.25) is 4.79 Å². The molecular formula is C17H19FN2OS. The van der Waals surface area contributed by atoms with Crippen LogP contribution in [0.15, 0.2) is 23.6 Å². The van der Waals surface area contributed by atoms with Crippen LogP contribution >= 0.6 is 11.3 Å². The van der Waals surface area contributed by atoms with Crippen molar-refractivity contribution in [2.45, 2.75) is 45.1 Å². The largest absolute Gasteiger partial charge is 0.349 e. The Labute approximate surface area is 133 Å². The smallest absolute Gasteiger partial charge is 0.226 e. The second kappa shape index (κ2) is 6.16. The fraction of sp³-hybridized carbons (Fsp3) is 0.412. The third kappa shape index (κ3) is 3.04. The van der Waals surface area contributed by atoms with Crippen LogP contribution < -0.4 is 5.32 Å². The van der Waals surface area contributed by atoms with Crippen molar-refractivity contribution in [2.24, 2.45) is 0 Å². The van der Waals surface area contributed by atoms with E-state index < -0.39 is 0 Å². The quantitative estimate of drug-likeness (QED) is 0.933. The number of carbonyl (C=O) groups excluding carboxylic acids is 1. The molecule has 0 bridgehead atoms. The van der Waals surface area contributed by atoms with E-state index in [0.717, 1.165) is 28.2 Å². The van der Waals surface area contributed by atoms with E-state index >= 15 is 0 Å². The first-order chi connectivity index (χ1) is 10.5. The predicted octanol–water partition coefficient (Wildman–Crippen LogP) is 3.75. The van der Waals surface area contributed by atoms with Gasteiger partial charge in [-0.15, -0.1) is 11.3 Å². The number of aromatic nitrogens is 1. The highest BCUT2D eigenvalue weighted by molar-refractivity contribution is 7.09. The zero-order valence-corrected chi connectivity index (χ0v) is 13.5. The number of nitrogens with zero attached hydrogens (tertiary/aromatic N) is 1. The molecule has 3 rings (SSSR count). The summed E-state index contributed by atoms with van der Waals surface area (Å²) in [6.45, 7) is 4.18. The van der Waals surface area contributed by atoms with Crippen LogP contribution in [-0.4, -0.2) is 10.9 Å². The van der Waals surface area contributed by atoms with Crippen molar-refractivity contribution in [3.05, 3.63) is 51.2 Å². The minimum atomic E-state index is -0.171. The summed E-state index contributed by atoms with van der Waals surface area (Å²) >= 11 is 1.59. The molecule has 1 aromatic heterocycles. The number of rotatable bonds is 4. The van der Waals surface area contributed by atoms with E-state index in [-0.39, 0.29) is 24.2 Å². The highest BCUT2D eigenvalue weighted by Crippen LogP contribution is 2.32. The van der Waals surface area contributed by atoms with Gasteiger partial charge in [-0.2, -0.15) is 0 Å². The molecule has 0 spiro atoms. The van der Waals surface area contributed by atoms with Gasteiger partial charge < -0.3 is 5.32 Å². The number of hydrogen-bond acceptors (Lipinski definition) is 3. The summed E-state index contributed by atoms with van der Waals surface area (Å²) < 4.78 is 13.7. The summed E-state index contributed by atoms with van der Waals surface area (Å²) in [5, 5.41) is 6.00. The molecule has 0 saturated heterocycles. The minimum Gasteiger partial charge on any atom is -0.349 e. The van der Waals surface area contributed by atoms with E-state index in [1.54, 1.807) is 17.4 Å². The van der Waals surface area contributed by atoms with Crippen molar-refractivity contribution in [2.75, 3.05) is 0 Å². The third-order valence-corrected chi connectivity index (χ3v) is 5.15. The summed E-state index contributed by atoms with van der Waals surface area (Å²) in [6, 6.07) is 5.00. The van der Waals surface area contributed by atoms with Gasteiger partial charge in [0.05, 0.1) is 23.2 Å². The molecule has 2 aromatic rings. The molecule has 1 amide bonds. The Bertz CT molecular complexity index is 696. The molecule has 1 atom stereocenters. The van der Waals surface area contributed by atoms with Crippen LogP contribution in [0.5, 0.6) is 0 Å². The fourth-order valence-electron chi connectivity index (χ4n) is 2.84. The standard InChI is InChI=1S/C17H19FN2OS/c1-10(2)17-19-11(9-22-17)8-16(21)20-15-7-6-12-13(15)4-3-5-14(12)18/h3-5,9-10,15H,6-8H2,1-2H3,(H,20,21). The normalized spacial score (nSPS) is 16.8. The van der Waals surface area contributed by atoms with Crippen molar-refractivity contribution in [1.82, 2.24) is 10.3 Å². The maximum Gasteiger partial charge on any atom is 0.226 e. The number of fused-ring (bicyclic) bond motifs is 1. The first kappa shape index (κ1) is 15.2. The Morgan fingerprint density at radius 1 is 1.50 bits per heavy atom. The zero-order chi connectivity index (χ0) is 15.7. The molecule has 0 radical (unpaired) electrons. The van der Waals surface area contributed by atoms with Gasteiger partial charge in [-0.25, -0.2) is 9.37 Å². The summed E-state index contributed by atoms with van der Waals surface area (Å²) in [5.41, 5.74) is 2.46. The maximum absolute atomic E-state index is 13.7. The van der Waals surface area contributed by atoms with E-state index in [9.17, 15) is 9.18 Å². The number of nitrogens with one attached hydrogen (secondary N) is 1. The number of carbonyl (C=O) groups is 1. The second-order valence-electron chi connectivity index (χ2n) is 5.97. The molecule has 0 saturated carbocycles. The van der Waals surface area contributed by atoms with Crippen molar-refractivity contribution in [3.8, 4) is 0 Å². The van der Waals surface area contributed by atoms with Crippen molar-refractivity contribution in [3.63, 3.8) is 0 Å². The lowest BCUT2D eigenvalue weighted by Gasteiger charge is -2.13. The lowest BCUT2D eigenvalue weighted by molar-refractivity contribution is -0.121. The van der Waals surface area contributed by atoms with Crippen molar-refractivity contribution in [1.29, 1.82) is 0 Å². The number of amides is 1. The molecule has 3 nitrogen and oxygen atoms in total. The Balaban J connectivity index is 1.65. The van der Waals surface area contributed by atoms with Gasteiger partial charge in [0, 0.05) is 11.3 Å². The minimum absolute atomic E-state index is 0.0530. The summed E-state index contributed by atoms with van der Waals surface area (Å²) in [7, 11) is 0. The zero-order valence-electron chi connectivity index (χ0n) is 12.7. The second-order valence-corrected chi connectivity index (χ2v) is 6.86. The average molecular weight is 318 g/mol. The Morgan fingerprint density at radius 3 is 3.05 bits per heavy atom.